The lowest BCUT2D eigenvalue weighted by molar-refractivity contribution is -0.206. The van der Waals surface area contributed by atoms with Crippen molar-refractivity contribution in [3.63, 3.8) is 0 Å². The lowest BCUT2D eigenvalue weighted by Crippen LogP contribution is -2.65. The molecule has 0 bridgehead atoms. The van der Waals surface area contributed by atoms with Crippen LogP contribution in [0.4, 0.5) is 4.79 Å². The summed E-state index contributed by atoms with van der Waals surface area (Å²) in [5, 5.41) is 12.0. The van der Waals surface area contributed by atoms with E-state index in [2.05, 4.69) is 41.5 Å². The first kappa shape index (κ1) is 25.0. The van der Waals surface area contributed by atoms with E-state index >= 15 is 0 Å². The summed E-state index contributed by atoms with van der Waals surface area (Å²) in [5.74, 6) is 1.33. The molecule has 0 radical (unpaired) electrons. The third-order valence-corrected chi connectivity index (χ3v) is 12.3. The van der Waals surface area contributed by atoms with Crippen molar-refractivity contribution in [3.8, 4) is 0 Å². The largest absolute Gasteiger partial charge is 0.509 e. The van der Waals surface area contributed by atoms with E-state index in [4.69, 9.17) is 9.47 Å². The summed E-state index contributed by atoms with van der Waals surface area (Å²) >= 11 is 0. The van der Waals surface area contributed by atoms with E-state index in [1.807, 2.05) is 6.08 Å². The minimum Gasteiger partial charge on any atom is -0.427 e. The second kappa shape index (κ2) is 7.66. The number of aliphatic hydroxyl groups excluding tert-OH is 1. The van der Waals surface area contributed by atoms with Gasteiger partial charge in [-0.05, 0) is 73.2 Å². The van der Waals surface area contributed by atoms with Crippen molar-refractivity contribution in [2.24, 2.45) is 45.3 Å². The molecule has 1 saturated heterocycles. The molecule has 0 amide bonds. The number of aliphatic hydroxyl groups is 1. The highest BCUT2D eigenvalue weighted by atomic mass is 16.8. The molecular weight excluding hydrogens is 444 g/mol. The molecule has 5 rings (SSSR count). The first-order valence-electron chi connectivity index (χ1n) is 13.5. The molecule has 11 atom stereocenters. The predicted molar refractivity (Wildman–Crippen MR) is 130 cm³/mol. The number of hydrogen-bond donors (Lipinski definition) is 1. The molecule has 1 heterocycles. The molecule has 0 aromatic heterocycles. The minimum absolute atomic E-state index is 0.111. The van der Waals surface area contributed by atoms with Gasteiger partial charge in [0.15, 0.2) is 5.78 Å². The Morgan fingerprint density at radius 3 is 2.37 bits per heavy atom. The predicted octanol–water partition coefficient (Wildman–Crippen LogP) is 5.26. The second-order valence-electron chi connectivity index (χ2n) is 13.4. The van der Waals surface area contributed by atoms with Gasteiger partial charge >= 0.3 is 6.16 Å². The zero-order chi connectivity index (χ0) is 25.7. The summed E-state index contributed by atoms with van der Waals surface area (Å²) in [6.45, 7) is 15.0. The van der Waals surface area contributed by atoms with Crippen molar-refractivity contribution in [3.05, 3.63) is 11.6 Å². The molecule has 5 aliphatic rings. The van der Waals surface area contributed by atoms with Gasteiger partial charge in [-0.3, -0.25) is 9.59 Å². The Labute approximate surface area is 209 Å². The van der Waals surface area contributed by atoms with Crippen LogP contribution in [0.2, 0.25) is 0 Å². The van der Waals surface area contributed by atoms with Gasteiger partial charge in [0.25, 0.3) is 0 Å². The van der Waals surface area contributed by atoms with E-state index in [0.717, 1.165) is 19.3 Å². The van der Waals surface area contributed by atoms with Gasteiger partial charge in [0.2, 0.25) is 0 Å². The summed E-state index contributed by atoms with van der Waals surface area (Å²) in [7, 11) is 0. The van der Waals surface area contributed by atoms with Crippen molar-refractivity contribution >= 4 is 17.7 Å². The molecular formula is C29H42O6. The van der Waals surface area contributed by atoms with E-state index in [1.54, 1.807) is 6.92 Å². The quantitative estimate of drug-likeness (QED) is 0.547. The summed E-state index contributed by atoms with van der Waals surface area (Å²) < 4.78 is 10.4. The van der Waals surface area contributed by atoms with Crippen molar-refractivity contribution in [1.29, 1.82) is 0 Å². The maximum atomic E-state index is 14.0. The van der Waals surface area contributed by atoms with Gasteiger partial charge in [0.05, 0.1) is 6.10 Å². The van der Waals surface area contributed by atoms with Gasteiger partial charge in [-0.25, -0.2) is 4.79 Å². The highest BCUT2D eigenvalue weighted by Gasteiger charge is 2.73. The van der Waals surface area contributed by atoms with Crippen LogP contribution >= 0.6 is 0 Å². The summed E-state index contributed by atoms with van der Waals surface area (Å²) in [6, 6.07) is 0. The average molecular weight is 487 g/mol. The Hall–Kier alpha value is -1.69. The smallest absolute Gasteiger partial charge is 0.427 e. The number of rotatable bonds is 3. The van der Waals surface area contributed by atoms with Crippen LogP contribution in [0.1, 0.15) is 87.0 Å². The van der Waals surface area contributed by atoms with E-state index in [-0.39, 0.29) is 52.0 Å². The lowest BCUT2D eigenvalue weighted by atomic mass is 9.37. The van der Waals surface area contributed by atoms with Crippen LogP contribution in [0.15, 0.2) is 11.6 Å². The van der Waals surface area contributed by atoms with Gasteiger partial charge < -0.3 is 14.6 Å². The number of Topliss-reactive ketones (excluding diaryl/α,β-unsaturated/α-hetero) is 1. The zero-order valence-electron chi connectivity index (χ0n) is 22.3. The molecule has 0 aromatic rings. The van der Waals surface area contributed by atoms with E-state index in [9.17, 15) is 19.5 Å². The first-order chi connectivity index (χ1) is 16.2. The molecule has 0 spiro atoms. The molecule has 4 aliphatic carbocycles. The fourth-order valence-corrected chi connectivity index (χ4v) is 9.63. The summed E-state index contributed by atoms with van der Waals surface area (Å²) in [4.78, 5) is 38.0. The molecule has 35 heavy (non-hydrogen) atoms. The normalized spacial score (nSPS) is 53.1. The maximum Gasteiger partial charge on any atom is 0.509 e. The van der Waals surface area contributed by atoms with Crippen molar-refractivity contribution < 1.29 is 29.0 Å². The number of cyclic esters (lactones) is 2. The van der Waals surface area contributed by atoms with Crippen LogP contribution in [0, 0.1) is 45.3 Å². The third kappa shape index (κ3) is 3.01. The van der Waals surface area contributed by atoms with Crippen LogP contribution in [0.5, 0.6) is 0 Å². The fourth-order valence-electron chi connectivity index (χ4n) is 9.63. The van der Waals surface area contributed by atoms with Gasteiger partial charge in [-0.15, -0.1) is 0 Å². The van der Waals surface area contributed by atoms with Crippen molar-refractivity contribution in [2.45, 2.75) is 105 Å². The Morgan fingerprint density at radius 1 is 1.06 bits per heavy atom. The van der Waals surface area contributed by atoms with Gasteiger partial charge in [-0.2, -0.15) is 0 Å². The van der Waals surface area contributed by atoms with Crippen LogP contribution in [-0.2, 0) is 19.1 Å². The molecule has 6 heteroatoms. The number of carbonyl (C=O) groups excluding carboxylic acids is 3. The van der Waals surface area contributed by atoms with Gasteiger partial charge in [0, 0.05) is 23.7 Å². The maximum absolute atomic E-state index is 14.0. The highest BCUT2D eigenvalue weighted by molar-refractivity contribution is 5.92. The number of hydrogen-bond acceptors (Lipinski definition) is 6. The second-order valence-corrected chi connectivity index (χ2v) is 13.4. The number of allylic oxidation sites excluding steroid dienone is 1. The van der Waals surface area contributed by atoms with Gasteiger partial charge in [-0.1, -0.05) is 47.1 Å². The summed E-state index contributed by atoms with van der Waals surface area (Å²) in [6.07, 6.45) is 3.55. The van der Waals surface area contributed by atoms with Gasteiger partial charge in [0.1, 0.15) is 18.0 Å². The first-order valence-corrected chi connectivity index (χ1v) is 13.5. The van der Waals surface area contributed by atoms with Crippen LogP contribution in [0.25, 0.3) is 0 Å². The molecule has 194 valence electrons. The Bertz CT molecular complexity index is 1000. The van der Waals surface area contributed by atoms with Crippen molar-refractivity contribution in [2.75, 3.05) is 0 Å². The topological polar surface area (TPSA) is 89.9 Å². The van der Waals surface area contributed by atoms with E-state index in [0.29, 0.717) is 18.8 Å². The molecule has 1 aliphatic heterocycles. The molecule has 7 unspecified atom stereocenters. The number of carbonyl (C=O) groups is 3. The Kier molecular flexibility index (Phi) is 5.47. The molecule has 4 fully saturated rings. The van der Waals surface area contributed by atoms with Crippen LogP contribution in [-0.4, -0.2) is 41.1 Å². The molecule has 6 nitrogen and oxygen atoms in total. The molecule has 3 saturated carbocycles. The Balaban J connectivity index is 1.52. The summed E-state index contributed by atoms with van der Waals surface area (Å²) in [5.41, 5.74) is -0.328. The monoisotopic (exact) mass is 486 g/mol. The number of fused-ring (bicyclic) bond motifs is 5. The molecule has 1 N–H and O–H groups in total. The van der Waals surface area contributed by atoms with Crippen molar-refractivity contribution in [1.82, 2.24) is 0 Å². The zero-order valence-corrected chi connectivity index (χ0v) is 22.3. The van der Waals surface area contributed by atoms with E-state index < -0.39 is 29.9 Å². The SMILES string of the molecule is CC1CC2C3CC(C)[C@](C)(C(=O)CC4OC(=O)OC4C)[C@@]3(C)C[C@H](O)C2(C)[C@@]2(C)CCC(=O)C=C12. The molecule has 0 aromatic carbocycles. The minimum atomic E-state index is -0.702. The Morgan fingerprint density at radius 2 is 1.74 bits per heavy atom. The third-order valence-electron chi connectivity index (χ3n) is 12.3. The number of ketones is 2. The number of ether oxygens (including phenoxy) is 2. The van der Waals surface area contributed by atoms with Crippen LogP contribution < -0.4 is 0 Å². The van der Waals surface area contributed by atoms with Crippen LogP contribution in [0.3, 0.4) is 0 Å². The average Bonchev–Trinajstić information content (AvgIpc) is 3.19. The van der Waals surface area contributed by atoms with E-state index in [1.165, 1.54) is 5.57 Å². The standard InChI is InChI=1S/C29H42O6/c1-15-10-21-20-11-16(2)28(6,23(31)13-22-17(3)34-25(33)35-22)27(20,5)14-24(32)29(21,7)26(4)9-8-18(30)12-19(15)26/h12,15-17,20-22,24,32H,8-11,13-14H2,1-7H3/t15?,16?,17?,20?,21?,22?,24-,26-,27-,28+,29?/m0/s1. The lowest BCUT2D eigenvalue weighted by Gasteiger charge is -2.68. The fraction of sp³-hybridized carbons (Fsp3) is 0.828. The highest BCUT2D eigenvalue weighted by Crippen LogP contribution is 2.75.